The number of hydrogen-bond donors (Lipinski definition) is 12. The van der Waals surface area contributed by atoms with Crippen LogP contribution in [-0.2, 0) is 28.8 Å². The first-order valence-electron chi connectivity index (χ1n) is 17.0. The number of hydrogen-bond acceptors (Lipinski definition) is 10. The molecule has 0 aromatic carbocycles. The lowest BCUT2D eigenvalue weighted by Gasteiger charge is -2.24. The number of amides is 6. The van der Waals surface area contributed by atoms with Gasteiger partial charge >= 0.3 is 0 Å². The molecule has 0 saturated carbocycles. The molecular formula is C31H58N12O6. The van der Waals surface area contributed by atoms with Crippen molar-refractivity contribution in [3.05, 3.63) is 11.9 Å². The highest BCUT2D eigenvalue weighted by Gasteiger charge is 2.29. The Balaban J connectivity index is 2.96. The van der Waals surface area contributed by atoms with Crippen LogP contribution in [0.5, 0.6) is 0 Å². The molecule has 0 saturated heterocycles. The molecule has 0 aromatic heterocycles. The van der Waals surface area contributed by atoms with Gasteiger partial charge in [-0.05, 0) is 44.6 Å². The lowest BCUT2D eigenvalue weighted by atomic mass is 10.0. The summed E-state index contributed by atoms with van der Waals surface area (Å²) in [6.45, 7) is 6.62. The van der Waals surface area contributed by atoms with Crippen LogP contribution < -0.4 is 59.3 Å². The molecular weight excluding hydrogens is 636 g/mol. The molecule has 1 heterocycles. The SMILES string of the molecule is CCCCNC(=O)CNC(=O)[C@@H](CC1=CNCN1)NC(=O)[C@H](CCCNC(=N)N)NC(=O)CNC(=O)[C@H](CCCN)NC(=O)C[C@@H](C)CC. The molecule has 49 heavy (non-hydrogen) atoms. The highest BCUT2D eigenvalue weighted by molar-refractivity contribution is 5.95. The number of carbonyl (C=O) groups excluding carboxylic acids is 6. The van der Waals surface area contributed by atoms with Gasteiger partial charge in [-0.1, -0.05) is 33.6 Å². The first-order chi connectivity index (χ1) is 23.4. The van der Waals surface area contributed by atoms with Crippen molar-refractivity contribution in [1.29, 1.82) is 5.41 Å². The standard InChI is InChI=1S/C31H58N12O6/c1-4-6-12-36-26(45)17-38-29(48)24(15-21-16-35-19-40-21)43-30(49)23(10-8-13-37-31(33)34)42-27(46)18-39-28(47)22(9-7-11-32)41-25(44)14-20(3)5-2/h16,20,22-24,35,40H,4-15,17-19,32H2,1-3H3,(H,36,45)(H,38,48)(H,39,47)(H,41,44)(H,42,46)(H,43,49)(H4,33,34,37)/t20-,22-,23-,24+/m0/s1. The number of nitrogens with two attached hydrogens (primary N) is 2. The summed E-state index contributed by atoms with van der Waals surface area (Å²) in [6.07, 6.45) is 5.71. The first kappa shape index (κ1) is 42.4. The van der Waals surface area contributed by atoms with E-state index in [4.69, 9.17) is 16.9 Å². The fourth-order valence-corrected chi connectivity index (χ4v) is 4.62. The van der Waals surface area contributed by atoms with E-state index in [1.807, 2.05) is 20.8 Å². The summed E-state index contributed by atoms with van der Waals surface area (Å²) in [5.41, 5.74) is 11.6. The maximum atomic E-state index is 13.5. The van der Waals surface area contributed by atoms with Crippen LogP contribution in [0, 0.1) is 11.3 Å². The number of carbonyl (C=O) groups is 6. The summed E-state index contributed by atoms with van der Waals surface area (Å²) in [7, 11) is 0. The Bertz CT molecular complexity index is 1130. The third kappa shape index (κ3) is 19.1. The van der Waals surface area contributed by atoms with Gasteiger partial charge in [-0.25, -0.2) is 0 Å². The van der Waals surface area contributed by atoms with E-state index in [9.17, 15) is 28.8 Å². The predicted molar refractivity (Wildman–Crippen MR) is 185 cm³/mol. The van der Waals surface area contributed by atoms with E-state index in [1.165, 1.54) is 0 Å². The normalized spacial score (nSPS) is 14.3. The number of nitrogens with one attached hydrogen (secondary N) is 10. The van der Waals surface area contributed by atoms with Gasteiger partial charge in [-0.3, -0.25) is 34.2 Å². The smallest absolute Gasteiger partial charge is 0.243 e. The molecule has 4 atom stereocenters. The summed E-state index contributed by atoms with van der Waals surface area (Å²) in [6, 6.07) is -3.10. The summed E-state index contributed by atoms with van der Waals surface area (Å²) in [4.78, 5) is 77.3. The molecule has 1 aliphatic heterocycles. The van der Waals surface area contributed by atoms with Crippen molar-refractivity contribution < 1.29 is 28.8 Å². The topological polar surface area (TPSA) is 287 Å². The molecule has 0 fully saturated rings. The lowest BCUT2D eigenvalue weighted by Crippen LogP contribution is -2.56. The summed E-state index contributed by atoms with van der Waals surface area (Å²) in [5, 5.41) is 31.8. The van der Waals surface area contributed by atoms with E-state index in [2.05, 4.69) is 47.9 Å². The van der Waals surface area contributed by atoms with E-state index in [0.717, 1.165) is 19.3 Å². The summed E-state index contributed by atoms with van der Waals surface area (Å²) >= 11 is 0. The molecule has 18 heteroatoms. The van der Waals surface area contributed by atoms with Crippen molar-refractivity contribution in [3.8, 4) is 0 Å². The van der Waals surface area contributed by atoms with E-state index in [1.54, 1.807) is 6.20 Å². The van der Waals surface area contributed by atoms with Crippen LogP contribution >= 0.6 is 0 Å². The van der Waals surface area contributed by atoms with Gasteiger partial charge in [0.05, 0.1) is 19.8 Å². The quantitative estimate of drug-likeness (QED) is 0.0268. The largest absolute Gasteiger partial charge is 0.372 e. The zero-order valence-electron chi connectivity index (χ0n) is 29.1. The first-order valence-corrected chi connectivity index (χ1v) is 17.0. The molecule has 18 nitrogen and oxygen atoms in total. The maximum Gasteiger partial charge on any atom is 0.243 e. The fourth-order valence-electron chi connectivity index (χ4n) is 4.62. The molecule has 0 unspecified atom stereocenters. The third-order valence-electron chi connectivity index (χ3n) is 7.67. The zero-order valence-corrected chi connectivity index (χ0v) is 29.1. The van der Waals surface area contributed by atoms with Gasteiger partial charge in [0.25, 0.3) is 0 Å². The second kappa shape index (κ2) is 24.5. The Morgan fingerprint density at radius 3 is 2.02 bits per heavy atom. The van der Waals surface area contributed by atoms with Gasteiger partial charge in [-0.2, -0.15) is 0 Å². The maximum absolute atomic E-state index is 13.5. The minimum Gasteiger partial charge on any atom is -0.372 e. The van der Waals surface area contributed by atoms with Gasteiger partial charge in [0.15, 0.2) is 5.96 Å². The minimum absolute atomic E-state index is 0.0809. The van der Waals surface area contributed by atoms with Crippen LogP contribution in [0.4, 0.5) is 0 Å². The third-order valence-corrected chi connectivity index (χ3v) is 7.67. The molecule has 1 rings (SSSR count). The monoisotopic (exact) mass is 694 g/mol. The van der Waals surface area contributed by atoms with Crippen LogP contribution in [0.15, 0.2) is 11.9 Å². The average molecular weight is 695 g/mol. The molecule has 0 spiro atoms. The van der Waals surface area contributed by atoms with E-state index in [-0.39, 0.29) is 62.5 Å². The minimum atomic E-state index is -1.13. The van der Waals surface area contributed by atoms with Gasteiger partial charge in [0, 0.05) is 37.8 Å². The van der Waals surface area contributed by atoms with E-state index in [0.29, 0.717) is 38.3 Å². The van der Waals surface area contributed by atoms with Crippen molar-refractivity contribution in [1.82, 2.24) is 47.9 Å². The molecule has 0 radical (unpaired) electrons. The highest BCUT2D eigenvalue weighted by Crippen LogP contribution is 2.08. The second-order valence-electron chi connectivity index (χ2n) is 12.0. The zero-order chi connectivity index (χ0) is 36.6. The Morgan fingerprint density at radius 2 is 1.41 bits per heavy atom. The Hall–Kier alpha value is -4.61. The van der Waals surface area contributed by atoms with Crippen molar-refractivity contribution in [2.75, 3.05) is 39.4 Å². The molecule has 0 aliphatic carbocycles. The van der Waals surface area contributed by atoms with Crippen LogP contribution in [0.2, 0.25) is 0 Å². The Morgan fingerprint density at radius 1 is 0.796 bits per heavy atom. The lowest BCUT2D eigenvalue weighted by molar-refractivity contribution is -0.133. The van der Waals surface area contributed by atoms with Crippen molar-refractivity contribution in [2.45, 2.75) is 96.7 Å². The van der Waals surface area contributed by atoms with Crippen molar-refractivity contribution in [3.63, 3.8) is 0 Å². The predicted octanol–water partition coefficient (Wildman–Crippen LogP) is -2.59. The van der Waals surface area contributed by atoms with E-state index < -0.39 is 48.3 Å². The van der Waals surface area contributed by atoms with Gasteiger partial charge in [0.2, 0.25) is 35.4 Å². The number of rotatable bonds is 25. The van der Waals surface area contributed by atoms with Crippen LogP contribution in [0.1, 0.15) is 78.6 Å². The Labute approximate surface area is 288 Å². The molecule has 0 bridgehead atoms. The molecule has 1 aliphatic rings. The molecule has 278 valence electrons. The van der Waals surface area contributed by atoms with Gasteiger partial charge in [0.1, 0.15) is 18.1 Å². The Kier molecular flexibility index (Phi) is 21.2. The number of guanidine groups is 1. The van der Waals surface area contributed by atoms with Crippen molar-refractivity contribution in [2.24, 2.45) is 17.4 Å². The van der Waals surface area contributed by atoms with Gasteiger partial charge < -0.3 is 59.3 Å². The summed E-state index contributed by atoms with van der Waals surface area (Å²) in [5.74, 6) is -3.25. The van der Waals surface area contributed by atoms with Crippen LogP contribution in [0.3, 0.4) is 0 Å². The van der Waals surface area contributed by atoms with Crippen LogP contribution in [0.25, 0.3) is 0 Å². The molecule has 14 N–H and O–H groups in total. The fraction of sp³-hybridized carbons (Fsp3) is 0.710. The van der Waals surface area contributed by atoms with E-state index >= 15 is 0 Å². The van der Waals surface area contributed by atoms with Gasteiger partial charge in [-0.15, -0.1) is 0 Å². The van der Waals surface area contributed by atoms with Crippen molar-refractivity contribution >= 4 is 41.4 Å². The molecule has 6 amide bonds. The van der Waals surface area contributed by atoms with Crippen LogP contribution in [-0.4, -0.2) is 98.9 Å². The highest BCUT2D eigenvalue weighted by atomic mass is 16.2. The summed E-state index contributed by atoms with van der Waals surface area (Å²) < 4.78 is 0. The average Bonchev–Trinajstić information content (AvgIpc) is 3.58. The number of unbranched alkanes of at least 4 members (excludes halogenated alkanes) is 1. The molecule has 0 aromatic rings. The second-order valence-corrected chi connectivity index (χ2v) is 12.0.